The normalized spacial score (nSPS) is 15.9. The Balaban J connectivity index is 2.02. The Morgan fingerprint density at radius 1 is 1.47 bits per heavy atom. The van der Waals surface area contributed by atoms with Crippen molar-refractivity contribution >= 4 is 17.3 Å². The first-order valence-electron chi connectivity index (χ1n) is 6.47. The van der Waals surface area contributed by atoms with Crippen LogP contribution in [0.15, 0.2) is 18.2 Å². The number of anilines is 2. The first-order valence-corrected chi connectivity index (χ1v) is 6.47. The average molecular weight is 258 g/mol. The van der Waals surface area contributed by atoms with Gasteiger partial charge in [-0.05, 0) is 38.0 Å². The number of hydrogen-bond donors (Lipinski definition) is 2. The highest BCUT2D eigenvalue weighted by molar-refractivity contribution is 5.84. The first-order chi connectivity index (χ1) is 9.11. The second-order valence-electron chi connectivity index (χ2n) is 4.81. The van der Waals surface area contributed by atoms with Crippen LogP contribution in [0.5, 0.6) is 0 Å². The molecule has 5 nitrogen and oxygen atoms in total. The zero-order chi connectivity index (χ0) is 13.8. The molecule has 2 rings (SSSR count). The summed E-state index contributed by atoms with van der Waals surface area (Å²) in [5.74, 6) is 0.112. The molecule has 1 heterocycles. The molecule has 5 heteroatoms. The Hall–Kier alpha value is -2.22. The van der Waals surface area contributed by atoms with Crippen molar-refractivity contribution in [2.75, 3.05) is 24.1 Å². The summed E-state index contributed by atoms with van der Waals surface area (Å²) >= 11 is 0. The van der Waals surface area contributed by atoms with Gasteiger partial charge in [-0.15, -0.1) is 0 Å². The van der Waals surface area contributed by atoms with Crippen molar-refractivity contribution in [3.8, 4) is 6.07 Å². The van der Waals surface area contributed by atoms with Crippen LogP contribution in [0.4, 0.5) is 11.4 Å². The lowest BCUT2D eigenvalue weighted by Gasteiger charge is -2.22. The van der Waals surface area contributed by atoms with E-state index in [-0.39, 0.29) is 11.9 Å². The predicted molar refractivity (Wildman–Crippen MR) is 74.5 cm³/mol. The molecule has 1 fully saturated rings. The molecule has 3 N–H and O–H groups in total. The first kappa shape index (κ1) is 13.2. The molecule has 1 amide bonds. The van der Waals surface area contributed by atoms with Crippen molar-refractivity contribution in [2.45, 2.75) is 25.8 Å². The van der Waals surface area contributed by atoms with Crippen LogP contribution in [-0.2, 0) is 4.79 Å². The number of carbonyl (C=O) groups excluding carboxylic acids is 1. The van der Waals surface area contributed by atoms with Gasteiger partial charge in [0, 0.05) is 18.8 Å². The summed E-state index contributed by atoms with van der Waals surface area (Å²) in [5.41, 5.74) is 7.38. The smallest absolute Gasteiger partial charge is 0.244 e. The minimum absolute atomic E-state index is 0.112. The number of amides is 1. The van der Waals surface area contributed by atoms with Gasteiger partial charge in [0.25, 0.3) is 0 Å². The number of nitrogens with one attached hydrogen (secondary N) is 1. The summed E-state index contributed by atoms with van der Waals surface area (Å²) < 4.78 is 0. The van der Waals surface area contributed by atoms with E-state index in [0.717, 1.165) is 31.6 Å². The fraction of sp³-hybridized carbons (Fsp3) is 0.429. The number of nitriles is 1. The summed E-state index contributed by atoms with van der Waals surface area (Å²) in [6, 6.07) is 6.84. The van der Waals surface area contributed by atoms with E-state index in [1.54, 1.807) is 18.2 Å². The molecule has 1 aliphatic rings. The number of likely N-dealkylation sites (tertiary alicyclic amines) is 1. The van der Waals surface area contributed by atoms with E-state index in [1.165, 1.54) is 0 Å². The Kier molecular flexibility index (Phi) is 3.91. The van der Waals surface area contributed by atoms with E-state index in [4.69, 9.17) is 11.0 Å². The molecule has 0 spiro atoms. The van der Waals surface area contributed by atoms with Crippen LogP contribution in [-0.4, -0.2) is 29.9 Å². The Morgan fingerprint density at radius 2 is 2.16 bits per heavy atom. The van der Waals surface area contributed by atoms with Gasteiger partial charge in [0.15, 0.2) is 0 Å². The van der Waals surface area contributed by atoms with Crippen molar-refractivity contribution in [3.05, 3.63) is 23.8 Å². The summed E-state index contributed by atoms with van der Waals surface area (Å²) in [4.78, 5) is 14.0. The number of benzene rings is 1. The number of nitrogen functional groups attached to an aromatic ring is 1. The van der Waals surface area contributed by atoms with E-state index < -0.39 is 0 Å². The lowest BCUT2D eigenvalue weighted by molar-refractivity contribution is -0.130. The van der Waals surface area contributed by atoms with Gasteiger partial charge < -0.3 is 16.0 Å². The molecule has 1 aromatic rings. The summed E-state index contributed by atoms with van der Waals surface area (Å²) in [6.45, 7) is 3.54. The van der Waals surface area contributed by atoms with E-state index >= 15 is 0 Å². The molecule has 1 aliphatic heterocycles. The molecule has 1 unspecified atom stereocenters. The average Bonchev–Trinajstić information content (AvgIpc) is 2.92. The predicted octanol–water partition coefficient (Wildman–Crippen LogP) is 1.56. The minimum Gasteiger partial charge on any atom is -0.398 e. The highest BCUT2D eigenvalue weighted by Crippen LogP contribution is 2.18. The maximum absolute atomic E-state index is 12.1. The summed E-state index contributed by atoms with van der Waals surface area (Å²) in [5, 5.41) is 11.9. The fourth-order valence-corrected chi connectivity index (χ4v) is 2.28. The molecular weight excluding hydrogens is 240 g/mol. The standard InChI is InChI=1S/C14H18N4O/c1-10(14(19)18-6-2-3-7-18)17-12-5-4-11(9-15)13(16)8-12/h4-5,8,10,17H,2-3,6-7,16H2,1H3. The monoisotopic (exact) mass is 258 g/mol. The quantitative estimate of drug-likeness (QED) is 0.806. The molecule has 0 saturated carbocycles. The second-order valence-corrected chi connectivity index (χ2v) is 4.81. The van der Waals surface area contributed by atoms with Gasteiger partial charge in [-0.25, -0.2) is 0 Å². The van der Waals surface area contributed by atoms with Crippen LogP contribution in [0.3, 0.4) is 0 Å². The fourth-order valence-electron chi connectivity index (χ4n) is 2.28. The zero-order valence-corrected chi connectivity index (χ0v) is 11.0. The van der Waals surface area contributed by atoms with Crippen molar-refractivity contribution in [1.82, 2.24) is 4.90 Å². The van der Waals surface area contributed by atoms with Crippen LogP contribution < -0.4 is 11.1 Å². The molecule has 19 heavy (non-hydrogen) atoms. The molecule has 1 aromatic carbocycles. The minimum atomic E-state index is -0.287. The van der Waals surface area contributed by atoms with Crippen LogP contribution in [0.1, 0.15) is 25.3 Å². The van der Waals surface area contributed by atoms with Gasteiger partial charge in [0.2, 0.25) is 5.91 Å². The van der Waals surface area contributed by atoms with Crippen molar-refractivity contribution in [2.24, 2.45) is 0 Å². The molecule has 0 bridgehead atoms. The highest BCUT2D eigenvalue weighted by atomic mass is 16.2. The number of rotatable bonds is 3. The molecule has 1 atom stereocenters. The van der Waals surface area contributed by atoms with E-state index in [2.05, 4.69) is 5.32 Å². The lowest BCUT2D eigenvalue weighted by Crippen LogP contribution is -2.39. The van der Waals surface area contributed by atoms with Crippen molar-refractivity contribution < 1.29 is 4.79 Å². The third kappa shape index (κ3) is 2.97. The Bertz CT molecular complexity index is 515. The van der Waals surface area contributed by atoms with Crippen LogP contribution in [0, 0.1) is 11.3 Å². The molecule has 0 aromatic heterocycles. The number of nitrogens with two attached hydrogens (primary N) is 1. The van der Waals surface area contributed by atoms with Crippen molar-refractivity contribution in [1.29, 1.82) is 5.26 Å². The maximum Gasteiger partial charge on any atom is 0.244 e. The van der Waals surface area contributed by atoms with E-state index in [1.807, 2.05) is 17.9 Å². The molecule has 100 valence electrons. The molecular formula is C14H18N4O. The summed E-state index contributed by atoms with van der Waals surface area (Å²) in [6.07, 6.45) is 2.17. The zero-order valence-electron chi connectivity index (χ0n) is 11.0. The Morgan fingerprint density at radius 3 is 2.74 bits per heavy atom. The molecule has 0 aliphatic carbocycles. The number of nitrogens with zero attached hydrogens (tertiary/aromatic N) is 2. The van der Waals surface area contributed by atoms with Gasteiger partial charge in [-0.3, -0.25) is 4.79 Å². The molecule has 0 radical (unpaired) electrons. The van der Waals surface area contributed by atoms with Gasteiger partial charge in [-0.1, -0.05) is 0 Å². The van der Waals surface area contributed by atoms with Crippen molar-refractivity contribution in [3.63, 3.8) is 0 Å². The number of carbonyl (C=O) groups is 1. The van der Waals surface area contributed by atoms with Crippen LogP contribution >= 0.6 is 0 Å². The largest absolute Gasteiger partial charge is 0.398 e. The maximum atomic E-state index is 12.1. The van der Waals surface area contributed by atoms with E-state index in [0.29, 0.717) is 11.3 Å². The molecule has 1 saturated heterocycles. The Labute approximate surface area is 113 Å². The van der Waals surface area contributed by atoms with Crippen LogP contribution in [0.2, 0.25) is 0 Å². The number of hydrogen-bond acceptors (Lipinski definition) is 4. The van der Waals surface area contributed by atoms with Gasteiger partial charge in [-0.2, -0.15) is 5.26 Å². The SMILES string of the molecule is CC(Nc1ccc(C#N)c(N)c1)C(=O)N1CCCC1. The summed E-state index contributed by atoms with van der Waals surface area (Å²) in [7, 11) is 0. The highest BCUT2D eigenvalue weighted by Gasteiger charge is 2.23. The van der Waals surface area contributed by atoms with E-state index in [9.17, 15) is 4.79 Å². The third-order valence-corrected chi connectivity index (χ3v) is 3.34. The van der Waals surface area contributed by atoms with Crippen LogP contribution in [0.25, 0.3) is 0 Å². The van der Waals surface area contributed by atoms with Gasteiger partial charge in [0.05, 0.1) is 11.3 Å². The topological polar surface area (TPSA) is 82.1 Å². The van der Waals surface area contributed by atoms with Gasteiger partial charge >= 0.3 is 0 Å². The lowest BCUT2D eigenvalue weighted by atomic mass is 10.1. The van der Waals surface area contributed by atoms with Gasteiger partial charge in [0.1, 0.15) is 12.1 Å². The second kappa shape index (κ2) is 5.61. The third-order valence-electron chi connectivity index (χ3n) is 3.34.